The normalized spacial score (nSPS) is 20.4. The predicted molar refractivity (Wildman–Crippen MR) is 80.3 cm³/mol. The molecule has 3 rings (SSSR count). The van der Waals surface area contributed by atoms with Gasteiger partial charge in [0.05, 0.1) is 22.9 Å². The number of hydrogen-bond acceptors (Lipinski definition) is 3. The van der Waals surface area contributed by atoms with Gasteiger partial charge in [-0.25, -0.2) is 4.98 Å². The van der Waals surface area contributed by atoms with E-state index in [4.69, 9.17) is 16.9 Å². The minimum absolute atomic E-state index is 0.149. The molecule has 1 heterocycles. The summed E-state index contributed by atoms with van der Waals surface area (Å²) in [7, 11) is 0. The lowest BCUT2D eigenvalue weighted by molar-refractivity contribution is -0.117. The van der Waals surface area contributed by atoms with Gasteiger partial charge in [0.15, 0.2) is 0 Å². The Labute approximate surface area is 128 Å². The molecule has 2 aromatic rings. The highest BCUT2D eigenvalue weighted by atomic mass is 79.9. The number of fused-ring (bicyclic) bond motifs is 1. The molecule has 0 unspecified atom stereocenters. The maximum absolute atomic E-state index is 11.9. The van der Waals surface area contributed by atoms with Crippen molar-refractivity contribution < 1.29 is 4.79 Å². The van der Waals surface area contributed by atoms with Gasteiger partial charge in [0.1, 0.15) is 5.82 Å². The van der Waals surface area contributed by atoms with Gasteiger partial charge in [0.25, 0.3) is 0 Å². The summed E-state index contributed by atoms with van der Waals surface area (Å²) in [5.74, 6) is -0.0348. The van der Waals surface area contributed by atoms with Crippen molar-refractivity contribution in [3.63, 3.8) is 0 Å². The molecule has 1 aliphatic carbocycles. The third kappa shape index (κ3) is 2.49. The maximum atomic E-state index is 11.9. The van der Waals surface area contributed by atoms with Crippen LogP contribution in [-0.4, -0.2) is 10.9 Å². The van der Waals surface area contributed by atoms with Crippen LogP contribution in [0.2, 0.25) is 5.02 Å². The van der Waals surface area contributed by atoms with Crippen LogP contribution in [0.1, 0.15) is 6.42 Å². The fourth-order valence-electron chi connectivity index (χ4n) is 2.09. The topological polar surface area (TPSA) is 65.8 Å². The standard InChI is InChI=1S/C14H9BrClN3O/c15-9-1-7-3-13(18-6-11(7)12(16)4-9)19-14(20)10-2-8(10)5-17/h1,3-4,6,8,10H,2H2,(H,18,19,20)/t8-,10+/m0/s1. The highest BCUT2D eigenvalue weighted by Gasteiger charge is 2.43. The first kappa shape index (κ1) is 13.3. The molecule has 1 N–H and O–H groups in total. The Balaban J connectivity index is 1.86. The summed E-state index contributed by atoms with van der Waals surface area (Å²) in [6.45, 7) is 0. The number of hydrogen-bond donors (Lipinski definition) is 1. The van der Waals surface area contributed by atoms with E-state index in [1.54, 1.807) is 18.3 Å². The molecule has 1 aromatic heterocycles. The molecule has 1 amide bonds. The Kier molecular flexibility index (Phi) is 3.36. The van der Waals surface area contributed by atoms with Crippen molar-refractivity contribution in [2.45, 2.75) is 6.42 Å². The number of nitrogens with zero attached hydrogens (tertiary/aromatic N) is 2. The van der Waals surface area contributed by atoms with Gasteiger partial charge in [-0.3, -0.25) is 4.79 Å². The molecule has 100 valence electrons. The van der Waals surface area contributed by atoms with E-state index in [-0.39, 0.29) is 17.7 Å². The van der Waals surface area contributed by atoms with Gasteiger partial charge in [-0.05, 0) is 30.0 Å². The molecule has 1 aromatic carbocycles. The minimum atomic E-state index is -0.205. The number of anilines is 1. The second-order valence-electron chi connectivity index (χ2n) is 4.75. The quantitative estimate of drug-likeness (QED) is 0.897. The Morgan fingerprint density at radius 2 is 2.30 bits per heavy atom. The Hall–Kier alpha value is -1.64. The van der Waals surface area contributed by atoms with Crippen LogP contribution in [0.15, 0.2) is 28.9 Å². The van der Waals surface area contributed by atoms with Crippen molar-refractivity contribution in [2.24, 2.45) is 11.8 Å². The lowest BCUT2D eigenvalue weighted by Gasteiger charge is -2.06. The molecular weight excluding hydrogens is 342 g/mol. The van der Waals surface area contributed by atoms with Gasteiger partial charge < -0.3 is 5.32 Å². The molecule has 1 fully saturated rings. The molecule has 0 radical (unpaired) electrons. The van der Waals surface area contributed by atoms with E-state index in [2.05, 4.69) is 32.3 Å². The molecule has 6 heteroatoms. The van der Waals surface area contributed by atoms with Gasteiger partial charge in [0, 0.05) is 16.1 Å². The molecule has 20 heavy (non-hydrogen) atoms. The molecule has 0 bridgehead atoms. The Bertz CT molecular complexity index is 756. The first-order chi connectivity index (χ1) is 9.58. The molecule has 4 nitrogen and oxygen atoms in total. The van der Waals surface area contributed by atoms with Crippen molar-refractivity contribution in [3.05, 3.63) is 33.9 Å². The molecule has 1 aliphatic rings. The predicted octanol–water partition coefficient (Wildman–Crippen LogP) is 3.75. The van der Waals surface area contributed by atoms with E-state index in [0.717, 1.165) is 15.2 Å². The number of benzene rings is 1. The fraction of sp³-hybridized carbons (Fsp3) is 0.214. The summed E-state index contributed by atoms with van der Waals surface area (Å²) in [4.78, 5) is 16.1. The fourth-order valence-corrected chi connectivity index (χ4v) is 2.98. The molecule has 1 saturated carbocycles. The lowest BCUT2D eigenvalue weighted by atomic mass is 10.2. The van der Waals surface area contributed by atoms with Gasteiger partial charge >= 0.3 is 0 Å². The van der Waals surface area contributed by atoms with Crippen LogP contribution in [0.5, 0.6) is 0 Å². The van der Waals surface area contributed by atoms with E-state index in [1.807, 2.05) is 6.07 Å². The zero-order valence-corrected chi connectivity index (χ0v) is 12.6. The van der Waals surface area contributed by atoms with Gasteiger partial charge in [-0.15, -0.1) is 0 Å². The summed E-state index contributed by atoms with van der Waals surface area (Å²) in [5.41, 5.74) is 0. The third-order valence-corrected chi connectivity index (χ3v) is 4.07. The number of carbonyl (C=O) groups is 1. The van der Waals surface area contributed by atoms with Crippen molar-refractivity contribution in [2.75, 3.05) is 5.32 Å². The van der Waals surface area contributed by atoms with Crippen LogP contribution in [0, 0.1) is 23.2 Å². The summed E-state index contributed by atoms with van der Waals surface area (Å²) in [6, 6.07) is 7.57. The Morgan fingerprint density at radius 3 is 3.00 bits per heavy atom. The molecule has 0 aliphatic heterocycles. The summed E-state index contributed by atoms with van der Waals surface area (Å²) in [6.07, 6.45) is 2.27. The van der Waals surface area contributed by atoms with Gasteiger partial charge in [-0.1, -0.05) is 27.5 Å². The van der Waals surface area contributed by atoms with Crippen LogP contribution in [0.3, 0.4) is 0 Å². The highest BCUT2D eigenvalue weighted by molar-refractivity contribution is 9.10. The average molecular weight is 351 g/mol. The second-order valence-corrected chi connectivity index (χ2v) is 6.07. The summed E-state index contributed by atoms with van der Waals surface area (Å²) < 4.78 is 0.866. The van der Waals surface area contributed by atoms with E-state index in [0.29, 0.717) is 17.3 Å². The number of aromatic nitrogens is 1. The van der Waals surface area contributed by atoms with E-state index >= 15 is 0 Å². The van der Waals surface area contributed by atoms with Gasteiger partial charge in [0.2, 0.25) is 5.91 Å². The first-order valence-electron chi connectivity index (χ1n) is 6.04. The van der Waals surface area contributed by atoms with Crippen LogP contribution in [0.4, 0.5) is 5.82 Å². The van der Waals surface area contributed by atoms with Crippen LogP contribution >= 0.6 is 27.5 Å². The number of nitrogens with one attached hydrogen (secondary N) is 1. The highest BCUT2D eigenvalue weighted by Crippen LogP contribution is 2.38. The lowest BCUT2D eigenvalue weighted by Crippen LogP contribution is -2.15. The van der Waals surface area contributed by atoms with Crippen LogP contribution in [0.25, 0.3) is 10.8 Å². The number of rotatable bonds is 2. The maximum Gasteiger partial charge on any atom is 0.230 e. The SMILES string of the molecule is N#C[C@@H]1C[C@H]1C(=O)Nc1cc2cc(Br)cc(Cl)c2cn1. The molecule has 2 atom stereocenters. The van der Waals surface area contributed by atoms with Crippen molar-refractivity contribution in [1.82, 2.24) is 4.98 Å². The number of halogens is 2. The number of amides is 1. The van der Waals surface area contributed by atoms with E-state index in [9.17, 15) is 4.79 Å². The van der Waals surface area contributed by atoms with Crippen LogP contribution in [-0.2, 0) is 4.79 Å². The average Bonchev–Trinajstić information content (AvgIpc) is 3.17. The number of nitriles is 1. The van der Waals surface area contributed by atoms with E-state index < -0.39 is 0 Å². The van der Waals surface area contributed by atoms with Crippen molar-refractivity contribution in [3.8, 4) is 6.07 Å². The van der Waals surface area contributed by atoms with Gasteiger partial charge in [-0.2, -0.15) is 5.26 Å². The molecule has 0 spiro atoms. The first-order valence-corrected chi connectivity index (χ1v) is 7.21. The summed E-state index contributed by atoms with van der Waals surface area (Å²) >= 11 is 9.51. The van der Waals surface area contributed by atoms with Crippen molar-refractivity contribution in [1.29, 1.82) is 5.26 Å². The Morgan fingerprint density at radius 1 is 1.50 bits per heavy atom. The minimum Gasteiger partial charge on any atom is -0.310 e. The van der Waals surface area contributed by atoms with Crippen molar-refractivity contribution >= 4 is 50.0 Å². The molecule has 0 saturated heterocycles. The zero-order valence-electron chi connectivity index (χ0n) is 10.2. The smallest absolute Gasteiger partial charge is 0.230 e. The third-order valence-electron chi connectivity index (χ3n) is 3.30. The second kappa shape index (κ2) is 5.04. The largest absolute Gasteiger partial charge is 0.310 e. The number of carbonyl (C=O) groups excluding carboxylic acids is 1. The summed E-state index contributed by atoms with van der Waals surface area (Å²) in [5, 5.41) is 13.8. The van der Waals surface area contributed by atoms with Crippen LogP contribution < -0.4 is 5.32 Å². The zero-order chi connectivity index (χ0) is 14.3. The number of pyridine rings is 1. The monoisotopic (exact) mass is 349 g/mol. The molecular formula is C14H9BrClN3O. The van der Waals surface area contributed by atoms with E-state index in [1.165, 1.54) is 0 Å².